The summed E-state index contributed by atoms with van der Waals surface area (Å²) < 4.78 is 0. The van der Waals surface area contributed by atoms with Gasteiger partial charge in [-0.3, -0.25) is 9.59 Å². The van der Waals surface area contributed by atoms with E-state index in [1.165, 1.54) is 0 Å². The van der Waals surface area contributed by atoms with E-state index >= 15 is 0 Å². The molecule has 1 aromatic carbocycles. The molecule has 0 aromatic heterocycles. The fourth-order valence-corrected chi connectivity index (χ4v) is 1.84. The number of carbonyl (C=O) groups excluding carboxylic acids is 2. The molecule has 0 heterocycles. The molecule has 0 saturated heterocycles. The van der Waals surface area contributed by atoms with Crippen molar-refractivity contribution >= 4 is 29.9 Å². The number of hydrogen-bond acceptors (Lipinski definition) is 3. The zero-order chi connectivity index (χ0) is 14.5. The lowest BCUT2D eigenvalue weighted by Gasteiger charge is -2.09. The maximum Gasteiger partial charge on any atom is 0.251 e. The van der Waals surface area contributed by atoms with Gasteiger partial charge >= 0.3 is 0 Å². The molecule has 0 aliphatic heterocycles. The number of anilines is 1. The number of hydrogen-bond donors (Lipinski definition) is 3. The van der Waals surface area contributed by atoms with Crippen LogP contribution in [0.4, 0.5) is 5.69 Å². The van der Waals surface area contributed by atoms with Crippen molar-refractivity contribution in [3.8, 4) is 0 Å². The maximum absolute atomic E-state index is 11.9. The minimum Gasteiger partial charge on any atom is -0.352 e. The van der Waals surface area contributed by atoms with Gasteiger partial charge in [0.2, 0.25) is 5.91 Å². The molecule has 4 N–H and O–H groups in total. The van der Waals surface area contributed by atoms with Crippen molar-refractivity contribution in [2.45, 2.75) is 32.2 Å². The number of amides is 2. The zero-order valence-electron chi connectivity index (χ0n) is 12.1. The van der Waals surface area contributed by atoms with Gasteiger partial charge in [0.15, 0.2) is 0 Å². The van der Waals surface area contributed by atoms with Gasteiger partial charge in [0.1, 0.15) is 0 Å². The van der Waals surface area contributed by atoms with E-state index in [4.69, 9.17) is 5.73 Å². The van der Waals surface area contributed by atoms with Crippen molar-refractivity contribution in [2.75, 3.05) is 11.9 Å². The summed E-state index contributed by atoms with van der Waals surface area (Å²) in [5, 5.41) is 5.65. The van der Waals surface area contributed by atoms with E-state index < -0.39 is 0 Å². The predicted molar refractivity (Wildman–Crippen MR) is 85.6 cm³/mol. The summed E-state index contributed by atoms with van der Waals surface area (Å²) in [7, 11) is 0. The van der Waals surface area contributed by atoms with Gasteiger partial charge in [0, 0.05) is 29.8 Å². The second-order valence-electron chi connectivity index (χ2n) is 5.37. The average Bonchev–Trinajstić information content (AvgIpc) is 3.22. The number of carbonyl (C=O) groups is 2. The Morgan fingerprint density at radius 3 is 2.71 bits per heavy atom. The van der Waals surface area contributed by atoms with E-state index in [9.17, 15) is 9.59 Å². The third kappa shape index (κ3) is 5.73. The van der Waals surface area contributed by atoms with Gasteiger partial charge in [-0.1, -0.05) is 6.07 Å². The van der Waals surface area contributed by atoms with Crippen LogP contribution in [-0.2, 0) is 4.79 Å². The second kappa shape index (κ2) is 8.00. The molecule has 2 rings (SSSR count). The van der Waals surface area contributed by atoms with Crippen LogP contribution >= 0.6 is 12.4 Å². The van der Waals surface area contributed by atoms with Crippen molar-refractivity contribution in [3.05, 3.63) is 29.8 Å². The Bertz CT molecular complexity index is 501. The van der Waals surface area contributed by atoms with Gasteiger partial charge < -0.3 is 16.4 Å². The highest BCUT2D eigenvalue weighted by molar-refractivity contribution is 5.98. The topological polar surface area (TPSA) is 84.2 Å². The lowest BCUT2D eigenvalue weighted by Crippen LogP contribution is -2.29. The van der Waals surface area contributed by atoms with E-state index in [0.29, 0.717) is 17.8 Å². The van der Waals surface area contributed by atoms with Gasteiger partial charge in [-0.15, -0.1) is 12.4 Å². The normalized spacial score (nSPS) is 14.8. The van der Waals surface area contributed by atoms with E-state index in [2.05, 4.69) is 10.6 Å². The quantitative estimate of drug-likeness (QED) is 0.750. The molecule has 1 fully saturated rings. The fourth-order valence-electron chi connectivity index (χ4n) is 1.84. The molecule has 2 amide bonds. The maximum atomic E-state index is 11.9. The Labute approximate surface area is 131 Å². The molecule has 0 bridgehead atoms. The van der Waals surface area contributed by atoms with Crippen LogP contribution in [0.3, 0.4) is 0 Å². The van der Waals surface area contributed by atoms with E-state index in [-0.39, 0.29) is 36.2 Å². The summed E-state index contributed by atoms with van der Waals surface area (Å²) in [4.78, 5) is 23.6. The lowest BCUT2D eigenvalue weighted by atomic mass is 10.1. The molecule has 1 aromatic rings. The lowest BCUT2D eigenvalue weighted by molar-refractivity contribution is -0.117. The Balaban J connectivity index is 0.00000220. The van der Waals surface area contributed by atoms with Gasteiger partial charge in [0.25, 0.3) is 5.91 Å². The first-order valence-corrected chi connectivity index (χ1v) is 7.01. The summed E-state index contributed by atoms with van der Waals surface area (Å²) >= 11 is 0. The Morgan fingerprint density at radius 2 is 2.10 bits per heavy atom. The van der Waals surface area contributed by atoms with Crippen molar-refractivity contribution in [1.29, 1.82) is 0 Å². The molecular weight excluding hydrogens is 290 g/mol. The van der Waals surface area contributed by atoms with Crippen LogP contribution in [0.5, 0.6) is 0 Å². The van der Waals surface area contributed by atoms with Gasteiger partial charge in [-0.25, -0.2) is 0 Å². The van der Waals surface area contributed by atoms with Crippen molar-refractivity contribution in [1.82, 2.24) is 5.32 Å². The second-order valence-corrected chi connectivity index (χ2v) is 5.37. The molecule has 0 spiro atoms. The van der Waals surface area contributed by atoms with Crippen LogP contribution in [0.2, 0.25) is 0 Å². The first-order valence-electron chi connectivity index (χ1n) is 7.01. The number of nitrogens with one attached hydrogen (secondary N) is 2. The van der Waals surface area contributed by atoms with Crippen LogP contribution in [0.15, 0.2) is 24.3 Å². The smallest absolute Gasteiger partial charge is 0.251 e. The third-order valence-electron chi connectivity index (χ3n) is 3.23. The summed E-state index contributed by atoms with van der Waals surface area (Å²) in [6.07, 6.45) is 2.66. The highest BCUT2D eigenvalue weighted by Gasteiger charge is 2.29. The van der Waals surface area contributed by atoms with Crippen LogP contribution in [-0.4, -0.2) is 24.4 Å². The standard InChI is InChI=1S/C15H21N3O2.ClH/c1-10(16)7-8-17-14(19)12-3-2-4-13(9-12)18-15(20)11-5-6-11;/h2-4,9-11H,5-8,16H2,1H3,(H,17,19)(H,18,20);1H. The third-order valence-corrected chi connectivity index (χ3v) is 3.23. The number of rotatable bonds is 6. The summed E-state index contributed by atoms with van der Waals surface area (Å²) in [6.45, 7) is 2.45. The monoisotopic (exact) mass is 311 g/mol. The molecule has 1 aliphatic carbocycles. The van der Waals surface area contributed by atoms with Crippen LogP contribution in [0.25, 0.3) is 0 Å². The van der Waals surface area contributed by atoms with Crippen molar-refractivity contribution in [3.63, 3.8) is 0 Å². The van der Waals surface area contributed by atoms with Gasteiger partial charge in [0.05, 0.1) is 0 Å². The van der Waals surface area contributed by atoms with E-state index in [1.54, 1.807) is 24.3 Å². The average molecular weight is 312 g/mol. The summed E-state index contributed by atoms with van der Waals surface area (Å²) in [5.74, 6) is 0.0474. The first-order chi connectivity index (χ1) is 9.56. The molecule has 1 aliphatic rings. The van der Waals surface area contributed by atoms with Gasteiger partial charge in [-0.2, -0.15) is 0 Å². The minimum absolute atomic E-state index is 0. The summed E-state index contributed by atoms with van der Waals surface area (Å²) in [5.41, 5.74) is 6.84. The molecule has 1 saturated carbocycles. The highest BCUT2D eigenvalue weighted by Crippen LogP contribution is 2.30. The molecule has 1 unspecified atom stereocenters. The SMILES string of the molecule is CC(N)CCNC(=O)c1cccc(NC(=O)C2CC2)c1.Cl. The van der Waals surface area contributed by atoms with Crippen LogP contribution < -0.4 is 16.4 Å². The van der Waals surface area contributed by atoms with Crippen molar-refractivity contribution in [2.24, 2.45) is 11.7 Å². The van der Waals surface area contributed by atoms with Gasteiger partial charge in [-0.05, 0) is 44.4 Å². The Kier molecular flexibility index (Phi) is 6.65. The Hall–Kier alpha value is -1.59. The zero-order valence-corrected chi connectivity index (χ0v) is 12.9. The number of nitrogens with two attached hydrogens (primary N) is 1. The molecule has 6 heteroatoms. The molecule has 21 heavy (non-hydrogen) atoms. The van der Waals surface area contributed by atoms with Crippen LogP contribution in [0, 0.1) is 5.92 Å². The fraction of sp³-hybridized carbons (Fsp3) is 0.467. The molecule has 1 atom stereocenters. The first kappa shape index (κ1) is 17.5. The van der Waals surface area contributed by atoms with E-state index in [0.717, 1.165) is 19.3 Å². The molecule has 0 radical (unpaired) electrons. The van der Waals surface area contributed by atoms with E-state index in [1.807, 2.05) is 6.92 Å². The Morgan fingerprint density at radius 1 is 1.38 bits per heavy atom. The molecular formula is C15H22ClN3O2. The predicted octanol–water partition coefficient (Wildman–Crippen LogP) is 1.92. The number of benzene rings is 1. The van der Waals surface area contributed by atoms with Crippen LogP contribution in [0.1, 0.15) is 36.5 Å². The molecule has 116 valence electrons. The minimum atomic E-state index is -0.145. The highest BCUT2D eigenvalue weighted by atomic mass is 35.5. The number of halogens is 1. The summed E-state index contributed by atoms with van der Waals surface area (Å²) in [6, 6.07) is 7.05. The molecule has 5 nitrogen and oxygen atoms in total. The van der Waals surface area contributed by atoms with Crippen molar-refractivity contribution < 1.29 is 9.59 Å². The largest absolute Gasteiger partial charge is 0.352 e.